The molecule has 1 aromatic rings. The smallest absolute Gasteiger partial charge is 0.320 e. The van der Waals surface area contributed by atoms with Crippen molar-refractivity contribution in [2.24, 2.45) is 5.92 Å². The molecule has 0 unspecified atom stereocenters. The molecule has 0 aliphatic carbocycles. The monoisotopic (exact) mass is 275 g/mol. The van der Waals surface area contributed by atoms with Crippen molar-refractivity contribution in [1.29, 1.82) is 0 Å². The zero-order valence-corrected chi connectivity index (χ0v) is 10.7. The van der Waals surface area contributed by atoms with Crippen LogP contribution in [0.5, 0.6) is 0 Å². The van der Waals surface area contributed by atoms with Crippen molar-refractivity contribution in [2.45, 2.75) is 32.9 Å². The highest BCUT2D eigenvalue weighted by Gasteiger charge is 2.18. The average Bonchev–Trinajstić information content (AvgIpc) is 2.30. The fraction of sp³-hybridized carbons (Fsp3) is 0.462. The van der Waals surface area contributed by atoms with Crippen molar-refractivity contribution < 1.29 is 23.1 Å². The van der Waals surface area contributed by atoms with Crippen LogP contribution in [0, 0.1) is 23.4 Å². The molecule has 1 aromatic carbocycles. The maximum Gasteiger partial charge on any atom is 0.320 e. The van der Waals surface area contributed by atoms with Gasteiger partial charge in [0.25, 0.3) is 0 Å². The van der Waals surface area contributed by atoms with Crippen LogP contribution >= 0.6 is 0 Å². The zero-order chi connectivity index (χ0) is 14.6. The van der Waals surface area contributed by atoms with E-state index < -0.39 is 29.5 Å². The molecule has 1 atom stereocenters. The van der Waals surface area contributed by atoms with Crippen molar-refractivity contribution in [3.05, 3.63) is 35.1 Å². The van der Waals surface area contributed by atoms with Gasteiger partial charge in [0, 0.05) is 6.54 Å². The Hall–Kier alpha value is -1.56. The first kappa shape index (κ1) is 15.5. The van der Waals surface area contributed by atoms with E-state index in [2.05, 4.69) is 5.32 Å². The van der Waals surface area contributed by atoms with E-state index in [1.807, 2.05) is 13.8 Å². The number of nitrogens with one attached hydrogen (secondary N) is 1. The first-order valence-corrected chi connectivity index (χ1v) is 5.91. The third-order valence-corrected chi connectivity index (χ3v) is 2.60. The maximum absolute atomic E-state index is 13.0. The minimum atomic E-state index is -1.53. The predicted molar refractivity (Wildman–Crippen MR) is 64.0 cm³/mol. The van der Waals surface area contributed by atoms with Crippen LogP contribution < -0.4 is 5.32 Å². The lowest BCUT2D eigenvalue weighted by molar-refractivity contribution is -0.140. The summed E-state index contributed by atoms with van der Waals surface area (Å²) in [5.74, 6) is -4.96. The SMILES string of the molecule is CC(C)C[C@@H](NCc1cc(F)c(F)c(F)c1)C(=O)O. The highest BCUT2D eigenvalue weighted by Crippen LogP contribution is 2.14. The van der Waals surface area contributed by atoms with Crippen LogP contribution in [0.15, 0.2) is 12.1 Å². The van der Waals surface area contributed by atoms with Crippen LogP contribution in [-0.4, -0.2) is 17.1 Å². The van der Waals surface area contributed by atoms with E-state index in [1.54, 1.807) is 0 Å². The molecule has 6 heteroatoms. The van der Waals surface area contributed by atoms with Crippen LogP contribution in [0.2, 0.25) is 0 Å². The molecule has 0 saturated carbocycles. The first-order chi connectivity index (χ1) is 8.81. The molecule has 0 aromatic heterocycles. The molecule has 0 aliphatic heterocycles. The second-order valence-electron chi connectivity index (χ2n) is 4.77. The molecule has 0 fully saturated rings. The van der Waals surface area contributed by atoms with Gasteiger partial charge in [0.1, 0.15) is 6.04 Å². The summed E-state index contributed by atoms with van der Waals surface area (Å²) in [5, 5.41) is 11.7. The lowest BCUT2D eigenvalue weighted by atomic mass is 10.0. The minimum absolute atomic E-state index is 0.0438. The Bertz CT molecular complexity index is 440. The van der Waals surface area contributed by atoms with Gasteiger partial charge in [-0.1, -0.05) is 13.8 Å². The van der Waals surface area contributed by atoms with Gasteiger partial charge in [-0.15, -0.1) is 0 Å². The van der Waals surface area contributed by atoms with E-state index in [4.69, 9.17) is 5.11 Å². The Morgan fingerprint density at radius 1 is 1.26 bits per heavy atom. The Labute approximate surface area is 109 Å². The van der Waals surface area contributed by atoms with Crippen molar-refractivity contribution in [3.8, 4) is 0 Å². The number of carboxylic acids is 1. The highest BCUT2D eigenvalue weighted by atomic mass is 19.2. The van der Waals surface area contributed by atoms with E-state index in [-0.39, 0.29) is 18.0 Å². The Balaban J connectivity index is 2.72. The summed E-state index contributed by atoms with van der Waals surface area (Å²) in [4.78, 5) is 11.0. The summed E-state index contributed by atoms with van der Waals surface area (Å²) >= 11 is 0. The molecule has 3 nitrogen and oxygen atoms in total. The van der Waals surface area contributed by atoms with Gasteiger partial charge in [0.05, 0.1) is 0 Å². The Morgan fingerprint density at radius 2 is 1.79 bits per heavy atom. The van der Waals surface area contributed by atoms with Crippen LogP contribution in [-0.2, 0) is 11.3 Å². The zero-order valence-electron chi connectivity index (χ0n) is 10.7. The maximum atomic E-state index is 13.0. The predicted octanol–water partition coefficient (Wildman–Crippen LogP) is 2.69. The molecule has 106 valence electrons. The summed E-state index contributed by atoms with van der Waals surface area (Å²) in [5.41, 5.74) is 0.159. The molecule has 2 N–H and O–H groups in total. The van der Waals surface area contributed by atoms with Gasteiger partial charge < -0.3 is 10.4 Å². The van der Waals surface area contributed by atoms with Crippen LogP contribution in [0.25, 0.3) is 0 Å². The Morgan fingerprint density at radius 3 is 2.21 bits per heavy atom. The summed E-state index contributed by atoms with van der Waals surface area (Å²) < 4.78 is 38.7. The highest BCUT2D eigenvalue weighted by molar-refractivity contribution is 5.73. The number of aliphatic carboxylic acids is 1. The third kappa shape index (κ3) is 4.55. The number of rotatable bonds is 6. The van der Waals surface area contributed by atoms with Gasteiger partial charge in [-0.2, -0.15) is 0 Å². The van der Waals surface area contributed by atoms with Crippen LogP contribution in [0.4, 0.5) is 13.2 Å². The summed E-state index contributed by atoms with van der Waals surface area (Å²) in [6.45, 7) is 3.70. The number of carbonyl (C=O) groups is 1. The van der Waals surface area contributed by atoms with Gasteiger partial charge >= 0.3 is 5.97 Å². The molecular weight excluding hydrogens is 259 g/mol. The lowest BCUT2D eigenvalue weighted by Crippen LogP contribution is -2.37. The lowest BCUT2D eigenvalue weighted by Gasteiger charge is -2.16. The minimum Gasteiger partial charge on any atom is -0.480 e. The van der Waals surface area contributed by atoms with E-state index in [9.17, 15) is 18.0 Å². The summed E-state index contributed by atoms with van der Waals surface area (Å²) in [6.07, 6.45) is 0.390. The number of halogens is 3. The second kappa shape index (κ2) is 6.56. The normalized spacial score (nSPS) is 12.7. The van der Waals surface area contributed by atoms with Gasteiger partial charge in [0.2, 0.25) is 0 Å². The fourth-order valence-electron chi connectivity index (χ4n) is 1.69. The van der Waals surface area contributed by atoms with Gasteiger partial charge in [-0.3, -0.25) is 4.79 Å². The van der Waals surface area contributed by atoms with Gasteiger partial charge in [0.15, 0.2) is 17.5 Å². The van der Waals surface area contributed by atoms with Crippen molar-refractivity contribution in [2.75, 3.05) is 0 Å². The van der Waals surface area contributed by atoms with Crippen molar-refractivity contribution in [1.82, 2.24) is 5.32 Å². The van der Waals surface area contributed by atoms with E-state index >= 15 is 0 Å². The quantitative estimate of drug-likeness (QED) is 0.785. The average molecular weight is 275 g/mol. The third-order valence-electron chi connectivity index (χ3n) is 2.60. The molecule has 0 radical (unpaired) electrons. The molecule has 0 bridgehead atoms. The summed E-state index contributed by atoms with van der Waals surface area (Å²) in [7, 11) is 0. The molecule has 1 rings (SSSR count). The molecule has 0 spiro atoms. The Kier molecular flexibility index (Phi) is 5.35. The first-order valence-electron chi connectivity index (χ1n) is 5.91. The number of carboxylic acid groups (broad SMARTS) is 1. The fourth-order valence-corrected chi connectivity index (χ4v) is 1.69. The molecule has 0 amide bonds. The van der Waals surface area contributed by atoms with E-state index in [0.29, 0.717) is 6.42 Å². The molecular formula is C13H16F3NO2. The molecule has 0 saturated heterocycles. The van der Waals surface area contributed by atoms with Crippen molar-refractivity contribution >= 4 is 5.97 Å². The van der Waals surface area contributed by atoms with E-state index in [0.717, 1.165) is 12.1 Å². The molecule has 0 heterocycles. The van der Waals surface area contributed by atoms with E-state index in [1.165, 1.54) is 0 Å². The van der Waals surface area contributed by atoms with Crippen LogP contribution in [0.1, 0.15) is 25.8 Å². The topological polar surface area (TPSA) is 49.3 Å². The van der Waals surface area contributed by atoms with Crippen LogP contribution in [0.3, 0.4) is 0 Å². The largest absolute Gasteiger partial charge is 0.480 e. The molecule has 19 heavy (non-hydrogen) atoms. The standard InChI is InChI=1S/C13H16F3NO2/c1-7(2)3-11(13(18)19)17-6-8-4-9(14)12(16)10(15)5-8/h4-5,7,11,17H,3,6H2,1-2H3,(H,18,19)/t11-/m1/s1. The number of hydrogen-bond donors (Lipinski definition) is 2. The van der Waals surface area contributed by atoms with Gasteiger partial charge in [-0.25, -0.2) is 13.2 Å². The van der Waals surface area contributed by atoms with Gasteiger partial charge in [-0.05, 0) is 30.0 Å². The second-order valence-corrected chi connectivity index (χ2v) is 4.77. The number of hydrogen-bond acceptors (Lipinski definition) is 2. The molecule has 0 aliphatic rings. The summed E-state index contributed by atoms with van der Waals surface area (Å²) in [6, 6.07) is 0.885. The number of benzene rings is 1. The van der Waals surface area contributed by atoms with Crippen molar-refractivity contribution in [3.63, 3.8) is 0 Å².